The minimum absolute atomic E-state index is 0.0587. The minimum Gasteiger partial charge on any atom is -0.390 e. The van der Waals surface area contributed by atoms with Gasteiger partial charge in [0.15, 0.2) is 5.15 Å². The van der Waals surface area contributed by atoms with Crippen molar-refractivity contribution in [3.8, 4) is 0 Å². The second kappa shape index (κ2) is 3.14. The number of aromatic nitrogens is 3. The Balaban J connectivity index is 2.82. The van der Waals surface area contributed by atoms with Crippen molar-refractivity contribution in [2.24, 2.45) is 0 Å². The summed E-state index contributed by atoms with van der Waals surface area (Å²) < 4.78 is 1.47. The molecule has 68 valence electrons. The molecular formula is C7H5Cl2N3O. The van der Waals surface area contributed by atoms with Gasteiger partial charge in [-0.1, -0.05) is 11.6 Å². The first kappa shape index (κ1) is 8.74. The SMILES string of the molecule is OCc1ccc2c(Cl)nc(Cl)nn12. The summed E-state index contributed by atoms with van der Waals surface area (Å²) in [4.78, 5) is 3.77. The first-order chi connectivity index (χ1) is 6.22. The lowest BCUT2D eigenvalue weighted by Gasteiger charge is -1.99. The summed E-state index contributed by atoms with van der Waals surface area (Å²) in [7, 11) is 0. The van der Waals surface area contributed by atoms with E-state index in [1.165, 1.54) is 4.52 Å². The molecule has 2 aromatic heterocycles. The Labute approximate surface area is 83.7 Å². The number of fused-ring (bicyclic) bond motifs is 1. The zero-order valence-corrected chi connectivity index (χ0v) is 7.92. The van der Waals surface area contributed by atoms with E-state index < -0.39 is 0 Å². The van der Waals surface area contributed by atoms with Crippen LogP contribution in [0.4, 0.5) is 0 Å². The molecule has 0 aliphatic heterocycles. The normalized spacial score (nSPS) is 11.0. The smallest absolute Gasteiger partial charge is 0.242 e. The monoisotopic (exact) mass is 217 g/mol. The molecule has 0 aliphatic rings. The van der Waals surface area contributed by atoms with E-state index in [0.29, 0.717) is 11.2 Å². The molecule has 2 heterocycles. The van der Waals surface area contributed by atoms with Crippen LogP contribution in [0.1, 0.15) is 5.69 Å². The molecule has 0 saturated carbocycles. The summed E-state index contributed by atoms with van der Waals surface area (Å²) in [5.41, 5.74) is 1.26. The van der Waals surface area contributed by atoms with Crippen LogP contribution in [-0.4, -0.2) is 19.7 Å². The molecule has 0 fully saturated rings. The van der Waals surface area contributed by atoms with Crippen LogP contribution < -0.4 is 0 Å². The van der Waals surface area contributed by atoms with E-state index in [2.05, 4.69) is 10.1 Å². The second-order valence-corrected chi connectivity index (χ2v) is 3.15. The van der Waals surface area contributed by atoms with Gasteiger partial charge in [0.2, 0.25) is 5.28 Å². The molecule has 6 heteroatoms. The summed E-state index contributed by atoms with van der Waals surface area (Å²) >= 11 is 11.4. The van der Waals surface area contributed by atoms with Crippen molar-refractivity contribution in [3.05, 3.63) is 28.3 Å². The number of rotatable bonds is 1. The second-order valence-electron chi connectivity index (χ2n) is 2.45. The first-order valence-electron chi connectivity index (χ1n) is 3.53. The lowest BCUT2D eigenvalue weighted by molar-refractivity contribution is 0.274. The maximum atomic E-state index is 8.94. The lowest BCUT2D eigenvalue weighted by Crippen LogP contribution is -1.99. The topological polar surface area (TPSA) is 50.4 Å². The molecule has 13 heavy (non-hydrogen) atoms. The molecule has 0 amide bonds. The van der Waals surface area contributed by atoms with Crippen molar-refractivity contribution in [1.29, 1.82) is 0 Å². The Morgan fingerprint density at radius 3 is 2.85 bits per heavy atom. The summed E-state index contributed by atoms with van der Waals surface area (Å²) in [6, 6.07) is 3.44. The van der Waals surface area contributed by atoms with Crippen LogP contribution in [0.2, 0.25) is 10.4 Å². The molecule has 0 atom stereocenters. The van der Waals surface area contributed by atoms with Gasteiger partial charge in [0.25, 0.3) is 0 Å². The van der Waals surface area contributed by atoms with Crippen molar-refractivity contribution in [3.63, 3.8) is 0 Å². The standard InChI is InChI=1S/C7H5Cl2N3O/c8-6-5-2-1-4(3-13)12(5)11-7(9)10-6/h1-2,13H,3H2. The highest BCUT2D eigenvalue weighted by Crippen LogP contribution is 2.18. The Morgan fingerprint density at radius 2 is 2.15 bits per heavy atom. The van der Waals surface area contributed by atoms with Gasteiger partial charge in [-0.15, -0.1) is 5.10 Å². The molecule has 2 rings (SSSR count). The van der Waals surface area contributed by atoms with Crippen molar-refractivity contribution >= 4 is 28.7 Å². The molecule has 0 saturated heterocycles. The summed E-state index contributed by atoms with van der Waals surface area (Å²) in [6.45, 7) is -0.113. The quantitative estimate of drug-likeness (QED) is 0.789. The zero-order chi connectivity index (χ0) is 9.42. The van der Waals surface area contributed by atoms with Crippen molar-refractivity contribution in [2.45, 2.75) is 6.61 Å². The van der Waals surface area contributed by atoms with Gasteiger partial charge >= 0.3 is 0 Å². The van der Waals surface area contributed by atoms with Crippen LogP contribution >= 0.6 is 23.2 Å². The highest BCUT2D eigenvalue weighted by molar-refractivity contribution is 6.34. The number of hydrogen-bond donors (Lipinski definition) is 1. The third kappa shape index (κ3) is 1.37. The van der Waals surface area contributed by atoms with Crippen LogP contribution in [0, 0.1) is 0 Å². The maximum absolute atomic E-state index is 8.94. The third-order valence-corrected chi connectivity index (χ3v) is 2.12. The molecule has 0 aromatic carbocycles. The van der Waals surface area contributed by atoms with E-state index in [4.69, 9.17) is 28.3 Å². The van der Waals surface area contributed by atoms with E-state index >= 15 is 0 Å². The number of hydrogen-bond acceptors (Lipinski definition) is 3. The van der Waals surface area contributed by atoms with E-state index in [-0.39, 0.29) is 17.0 Å². The molecular weight excluding hydrogens is 213 g/mol. The average molecular weight is 218 g/mol. The summed E-state index contributed by atoms with van der Waals surface area (Å²) in [6.07, 6.45) is 0. The number of aliphatic hydroxyl groups excluding tert-OH is 1. The van der Waals surface area contributed by atoms with Gasteiger partial charge in [-0.2, -0.15) is 0 Å². The molecule has 4 nitrogen and oxygen atoms in total. The number of halogens is 2. The average Bonchev–Trinajstić information content (AvgIpc) is 2.47. The fourth-order valence-corrected chi connectivity index (χ4v) is 1.53. The fourth-order valence-electron chi connectivity index (χ4n) is 1.11. The molecule has 0 bridgehead atoms. The van der Waals surface area contributed by atoms with Gasteiger partial charge in [-0.3, -0.25) is 0 Å². The fraction of sp³-hybridized carbons (Fsp3) is 0.143. The van der Waals surface area contributed by atoms with Gasteiger partial charge < -0.3 is 5.11 Å². The van der Waals surface area contributed by atoms with Crippen molar-refractivity contribution in [1.82, 2.24) is 14.6 Å². The van der Waals surface area contributed by atoms with Crippen LogP contribution in [-0.2, 0) is 6.61 Å². The Kier molecular flexibility index (Phi) is 2.11. The largest absolute Gasteiger partial charge is 0.390 e. The zero-order valence-electron chi connectivity index (χ0n) is 6.41. The van der Waals surface area contributed by atoms with Crippen LogP contribution in [0.3, 0.4) is 0 Å². The van der Waals surface area contributed by atoms with Crippen LogP contribution in [0.5, 0.6) is 0 Å². The molecule has 1 N–H and O–H groups in total. The van der Waals surface area contributed by atoms with Crippen LogP contribution in [0.25, 0.3) is 5.52 Å². The summed E-state index contributed by atoms with van der Waals surface area (Å²) in [5, 5.41) is 13.2. The van der Waals surface area contributed by atoms with Crippen LogP contribution in [0.15, 0.2) is 12.1 Å². The van der Waals surface area contributed by atoms with E-state index in [9.17, 15) is 0 Å². The highest BCUT2D eigenvalue weighted by Gasteiger charge is 2.07. The predicted molar refractivity (Wildman–Crippen MR) is 48.9 cm³/mol. The van der Waals surface area contributed by atoms with Gasteiger partial charge in [0.1, 0.15) is 5.52 Å². The molecule has 0 aliphatic carbocycles. The first-order valence-corrected chi connectivity index (χ1v) is 4.28. The number of aliphatic hydroxyl groups is 1. The van der Waals surface area contributed by atoms with Gasteiger partial charge in [-0.25, -0.2) is 9.50 Å². The predicted octanol–water partition coefficient (Wildman–Crippen LogP) is 1.53. The summed E-state index contributed by atoms with van der Waals surface area (Å²) in [5.74, 6) is 0. The maximum Gasteiger partial charge on any atom is 0.242 e. The van der Waals surface area contributed by atoms with E-state index in [1.807, 2.05) is 0 Å². The van der Waals surface area contributed by atoms with E-state index in [0.717, 1.165) is 0 Å². The Morgan fingerprint density at radius 1 is 1.38 bits per heavy atom. The van der Waals surface area contributed by atoms with Crippen molar-refractivity contribution < 1.29 is 5.11 Å². The molecule has 0 unspecified atom stereocenters. The van der Waals surface area contributed by atoms with E-state index in [1.54, 1.807) is 12.1 Å². The Bertz CT molecular complexity index is 454. The lowest BCUT2D eigenvalue weighted by atomic mass is 10.5. The minimum atomic E-state index is -0.113. The van der Waals surface area contributed by atoms with Gasteiger partial charge in [0.05, 0.1) is 12.3 Å². The molecule has 2 aromatic rings. The molecule has 0 radical (unpaired) electrons. The molecule has 0 spiro atoms. The Hall–Kier alpha value is -0.840. The van der Waals surface area contributed by atoms with Crippen molar-refractivity contribution in [2.75, 3.05) is 0 Å². The van der Waals surface area contributed by atoms with Gasteiger partial charge in [0, 0.05) is 0 Å². The van der Waals surface area contributed by atoms with Gasteiger partial charge in [-0.05, 0) is 23.7 Å². The number of nitrogens with zero attached hydrogens (tertiary/aromatic N) is 3. The third-order valence-electron chi connectivity index (χ3n) is 1.68. The highest BCUT2D eigenvalue weighted by atomic mass is 35.5.